The van der Waals surface area contributed by atoms with Crippen LogP contribution >= 0.6 is 0 Å². The van der Waals surface area contributed by atoms with Crippen LogP contribution in [0.5, 0.6) is 0 Å². The molecule has 0 saturated carbocycles. The topological polar surface area (TPSA) is 47.3 Å². The van der Waals surface area contributed by atoms with Crippen LogP contribution in [-0.2, 0) is 4.79 Å². The molecule has 1 aromatic rings. The SMILES string of the molecule is CC(F)(F)C1(C)CN2CCC(c3cc(F)cc(C#N)c3)N2C1=O. The van der Waals surface area contributed by atoms with Crippen LogP contribution in [0.25, 0.3) is 0 Å². The number of hydrazine groups is 1. The van der Waals surface area contributed by atoms with Crippen molar-refractivity contribution in [2.45, 2.75) is 32.2 Å². The molecule has 23 heavy (non-hydrogen) atoms. The van der Waals surface area contributed by atoms with Gasteiger partial charge < -0.3 is 0 Å². The van der Waals surface area contributed by atoms with Gasteiger partial charge in [0, 0.05) is 20.0 Å². The second kappa shape index (κ2) is 4.96. The van der Waals surface area contributed by atoms with Crippen molar-refractivity contribution in [1.82, 2.24) is 10.0 Å². The summed E-state index contributed by atoms with van der Waals surface area (Å²) in [7, 11) is 0. The zero-order chi connectivity index (χ0) is 17.0. The summed E-state index contributed by atoms with van der Waals surface area (Å²) in [6, 6.07) is 5.21. The zero-order valence-corrected chi connectivity index (χ0v) is 12.8. The highest BCUT2D eigenvalue weighted by molar-refractivity contribution is 5.86. The molecular weight excluding hydrogens is 307 g/mol. The Morgan fingerprint density at radius 2 is 2.09 bits per heavy atom. The summed E-state index contributed by atoms with van der Waals surface area (Å²) in [5.74, 6) is -4.39. The van der Waals surface area contributed by atoms with E-state index in [0.29, 0.717) is 18.5 Å². The predicted octanol–water partition coefficient (Wildman–Crippen LogP) is 2.86. The van der Waals surface area contributed by atoms with Crippen LogP contribution < -0.4 is 0 Å². The van der Waals surface area contributed by atoms with Crippen LogP contribution in [0.15, 0.2) is 18.2 Å². The van der Waals surface area contributed by atoms with Gasteiger partial charge in [-0.05, 0) is 37.1 Å². The Labute approximate surface area is 132 Å². The average Bonchev–Trinajstić information content (AvgIpc) is 2.97. The zero-order valence-electron chi connectivity index (χ0n) is 12.8. The number of hydrogen-bond donors (Lipinski definition) is 0. The minimum Gasteiger partial charge on any atom is -0.272 e. The quantitative estimate of drug-likeness (QED) is 0.841. The molecule has 2 saturated heterocycles. The summed E-state index contributed by atoms with van der Waals surface area (Å²) in [5, 5.41) is 11.9. The molecule has 2 heterocycles. The van der Waals surface area contributed by atoms with Gasteiger partial charge in [0.15, 0.2) is 0 Å². The monoisotopic (exact) mass is 323 g/mol. The number of nitriles is 1. The highest BCUT2D eigenvalue weighted by atomic mass is 19.3. The van der Waals surface area contributed by atoms with Crippen molar-refractivity contribution in [2.75, 3.05) is 13.1 Å². The number of carbonyl (C=O) groups is 1. The highest BCUT2D eigenvalue weighted by Gasteiger charge is 2.62. The van der Waals surface area contributed by atoms with Crippen LogP contribution in [0.2, 0.25) is 0 Å². The number of amides is 1. The number of benzene rings is 1. The fourth-order valence-electron chi connectivity index (χ4n) is 3.31. The Morgan fingerprint density at radius 1 is 1.39 bits per heavy atom. The lowest BCUT2D eigenvalue weighted by molar-refractivity contribution is -0.156. The maximum absolute atomic E-state index is 13.9. The van der Waals surface area contributed by atoms with E-state index in [1.165, 1.54) is 24.1 Å². The van der Waals surface area contributed by atoms with Gasteiger partial charge in [-0.15, -0.1) is 0 Å². The molecule has 0 bridgehead atoms. The minimum absolute atomic E-state index is 0.0632. The van der Waals surface area contributed by atoms with Gasteiger partial charge in [0.2, 0.25) is 0 Å². The van der Waals surface area contributed by atoms with Crippen LogP contribution in [0, 0.1) is 22.6 Å². The number of carbonyl (C=O) groups excluding carboxylic acids is 1. The first kappa shape index (κ1) is 15.8. The van der Waals surface area contributed by atoms with E-state index >= 15 is 0 Å². The lowest BCUT2D eigenvalue weighted by Crippen LogP contribution is -2.45. The first-order chi connectivity index (χ1) is 10.7. The van der Waals surface area contributed by atoms with Crippen LogP contribution in [-0.4, -0.2) is 34.9 Å². The standard InChI is InChI=1S/C16H16F3N3O/c1-15(16(2,18)19)9-21-4-3-13(22(21)14(15)23)11-5-10(8-20)6-12(17)7-11/h5-7,13H,3-4,9H2,1-2H3. The van der Waals surface area contributed by atoms with Gasteiger partial charge in [0.25, 0.3) is 11.8 Å². The molecule has 2 atom stereocenters. The smallest absolute Gasteiger partial charge is 0.260 e. The fraction of sp³-hybridized carbons (Fsp3) is 0.500. The fourth-order valence-corrected chi connectivity index (χ4v) is 3.31. The summed E-state index contributed by atoms with van der Waals surface area (Å²) in [4.78, 5) is 12.6. The Balaban J connectivity index is 1.98. The number of nitrogens with zero attached hydrogens (tertiary/aromatic N) is 3. The number of halogens is 3. The lowest BCUT2D eigenvalue weighted by Gasteiger charge is -2.30. The number of fused-ring (bicyclic) bond motifs is 1. The molecule has 2 aliphatic rings. The van der Waals surface area contributed by atoms with Crippen molar-refractivity contribution >= 4 is 5.91 Å². The minimum atomic E-state index is -3.15. The largest absolute Gasteiger partial charge is 0.272 e. The third-order valence-corrected chi connectivity index (χ3v) is 4.84. The molecule has 0 radical (unpaired) electrons. The molecule has 1 aromatic carbocycles. The van der Waals surface area contributed by atoms with E-state index in [1.54, 1.807) is 5.01 Å². The van der Waals surface area contributed by atoms with Gasteiger partial charge in [0.1, 0.15) is 11.2 Å². The van der Waals surface area contributed by atoms with E-state index in [0.717, 1.165) is 13.0 Å². The first-order valence-electron chi connectivity index (χ1n) is 7.34. The van der Waals surface area contributed by atoms with Gasteiger partial charge >= 0.3 is 0 Å². The molecule has 1 amide bonds. The average molecular weight is 323 g/mol. The van der Waals surface area contributed by atoms with Crippen LogP contribution in [0.3, 0.4) is 0 Å². The number of alkyl halides is 2. The third-order valence-electron chi connectivity index (χ3n) is 4.84. The second-order valence-corrected chi connectivity index (χ2v) is 6.45. The van der Waals surface area contributed by atoms with Gasteiger partial charge in [-0.1, -0.05) is 0 Å². The molecule has 0 spiro atoms. The molecule has 0 aromatic heterocycles. The Kier molecular flexibility index (Phi) is 3.41. The van der Waals surface area contributed by atoms with Crippen molar-refractivity contribution in [2.24, 2.45) is 5.41 Å². The summed E-state index contributed by atoms with van der Waals surface area (Å²) in [6.45, 7) is 2.39. The summed E-state index contributed by atoms with van der Waals surface area (Å²) in [6.07, 6.45) is 0.519. The first-order valence-corrected chi connectivity index (χ1v) is 7.34. The Morgan fingerprint density at radius 3 is 2.70 bits per heavy atom. The van der Waals surface area contributed by atoms with Crippen molar-refractivity contribution in [3.05, 3.63) is 35.1 Å². The second-order valence-electron chi connectivity index (χ2n) is 6.45. The third kappa shape index (κ3) is 2.29. The molecule has 2 unspecified atom stereocenters. The van der Waals surface area contributed by atoms with E-state index in [2.05, 4.69) is 0 Å². The van der Waals surface area contributed by atoms with Gasteiger partial charge in [-0.3, -0.25) is 9.80 Å². The normalized spacial score (nSPS) is 28.1. The Hall–Kier alpha value is -2.07. The van der Waals surface area contributed by atoms with E-state index in [9.17, 15) is 18.0 Å². The van der Waals surface area contributed by atoms with Gasteiger partial charge in [-0.2, -0.15) is 5.26 Å². The molecule has 7 heteroatoms. The highest BCUT2D eigenvalue weighted by Crippen LogP contribution is 2.48. The molecule has 0 N–H and O–H groups in total. The summed E-state index contributed by atoms with van der Waals surface area (Å²) >= 11 is 0. The Bertz CT molecular complexity index is 710. The van der Waals surface area contributed by atoms with Gasteiger partial charge in [0.05, 0.1) is 17.7 Å². The van der Waals surface area contributed by atoms with E-state index in [1.807, 2.05) is 6.07 Å². The van der Waals surface area contributed by atoms with Gasteiger partial charge in [-0.25, -0.2) is 18.2 Å². The van der Waals surface area contributed by atoms with Crippen molar-refractivity contribution < 1.29 is 18.0 Å². The number of hydrogen-bond acceptors (Lipinski definition) is 3. The summed E-state index contributed by atoms with van der Waals surface area (Å²) in [5.41, 5.74) is -1.19. The number of rotatable bonds is 2. The predicted molar refractivity (Wildman–Crippen MR) is 75.6 cm³/mol. The summed E-state index contributed by atoms with van der Waals surface area (Å²) < 4.78 is 41.5. The van der Waals surface area contributed by atoms with Crippen LogP contribution in [0.4, 0.5) is 13.2 Å². The molecule has 3 rings (SSSR count). The molecule has 4 nitrogen and oxygen atoms in total. The van der Waals surface area contributed by atoms with Crippen molar-refractivity contribution in [3.63, 3.8) is 0 Å². The molecule has 0 aliphatic carbocycles. The van der Waals surface area contributed by atoms with E-state index < -0.39 is 29.1 Å². The molecule has 2 fully saturated rings. The van der Waals surface area contributed by atoms with Crippen molar-refractivity contribution in [3.8, 4) is 6.07 Å². The van der Waals surface area contributed by atoms with E-state index in [-0.39, 0.29) is 12.1 Å². The van der Waals surface area contributed by atoms with Crippen LogP contribution in [0.1, 0.15) is 37.4 Å². The molecule has 122 valence electrons. The maximum Gasteiger partial charge on any atom is 0.260 e. The molecule has 2 aliphatic heterocycles. The van der Waals surface area contributed by atoms with Crippen molar-refractivity contribution in [1.29, 1.82) is 5.26 Å². The maximum atomic E-state index is 13.9. The van der Waals surface area contributed by atoms with E-state index in [4.69, 9.17) is 5.26 Å². The lowest BCUT2D eigenvalue weighted by atomic mass is 9.83. The molecular formula is C16H16F3N3O.